The molecule has 0 saturated heterocycles. The van der Waals surface area contributed by atoms with Crippen LogP contribution in [0.1, 0.15) is 11.8 Å². The van der Waals surface area contributed by atoms with E-state index in [1.807, 2.05) is 6.07 Å². The van der Waals surface area contributed by atoms with Crippen molar-refractivity contribution in [1.29, 1.82) is 0 Å². The third-order valence-electron chi connectivity index (χ3n) is 2.32. The third kappa shape index (κ3) is 5.46. The number of aliphatic hydroxyl groups is 1. The molecule has 6 nitrogen and oxygen atoms in total. The van der Waals surface area contributed by atoms with Crippen molar-refractivity contribution in [2.45, 2.75) is 25.5 Å². The van der Waals surface area contributed by atoms with Gasteiger partial charge in [-0.15, -0.1) is 11.3 Å². The fourth-order valence-electron chi connectivity index (χ4n) is 1.37. The Morgan fingerprint density at radius 3 is 2.63 bits per heavy atom. The summed E-state index contributed by atoms with van der Waals surface area (Å²) >= 11 is 7.19. The van der Waals surface area contributed by atoms with E-state index in [0.29, 0.717) is 17.3 Å². The molecule has 2 amide bonds. The monoisotopic (exact) mass is 306 g/mol. The van der Waals surface area contributed by atoms with E-state index >= 15 is 0 Å². The molecule has 8 heteroatoms. The van der Waals surface area contributed by atoms with E-state index in [1.54, 1.807) is 6.07 Å². The molecule has 1 aromatic rings. The molecular formula is C11H15ClN2O4S. The van der Waals surface area contributed by atoms with Crippen LogP contribution in [0.15, 0.2) is 12.1 Å². The molecular weight excluding hydrogens is 292 g/mol. The molecule has 0 fully saturated rings. The van der Waals surface area contributed by atoms with Crippen LogP contribution < -0.4 is 10.6 Å². The number of aliphatic hydroxyl groups excluding tert-OH is 1. The lowest BCUT2D eigenvalue weighted by Crippen LogP contribution is -2.51. The number of carbonyl (C=O) groups excluding carboxylic acids is 1. The number of nitrogens with one attached hydrogen (secondary N) is 2. The van der Waals surface area contributed by atoms with Crippen molar-refractivity contribution in [3.8, 4) is 0 Å². The van der Waals surface area contributed by atoms with E-state index < -0.39 is 24.1 Å². The van der Waals surface area contributed by atoms with Crippen molar-refractivity contribution < 1.29 is 19.8 Å². The van der Waals surface area contributed by atoms with E-state index in [2.05, 4.69) is 10.6 Å². The average Bonchev–Trinajstić information content (AvgIpc) is 2.71. The molecule has 1 rings (SSSR count). The minimum Gasteiger partial charge on any atom is -0.480 e. The van der Waals surface area contributed by atoms with Gasteiger partial charge in [0.05, 0.1) is 10.4 Å². The highest BCUT2D eigenvalue weighted by Gasteiger charge is 2.24. The molecule has 0 aliphatic rings. The molecule has 0 aromatic carbocycles. The third-order valence-corrected chi connectivity index (χ3v) is 3.61. The van der Waals surface area contributed by atoms with Crippen molar-refractivity contribution in [3.05, 3.63) is 21.3 Å². The zero-order valence-corrected chi connectivity index (χ0v) is 11.8. The number of halogens is 1. The van der Waals surface area contributed by atoms with E-state index in [9.17, 15) is 14.7 Å². The van der Waals surface area contributed by atoms with Crippen molar-refractivity contribution in [2.24, 2.45) is 0 Å². The van der Waals surface area contributed by atoms with Crippen LogP contribution in [0.5, 0.6) is 0 Å². The highest BCUT2D eigenvalue weighted by Crippen LogP contribution is 2.21. The van der Waals surface area contributed by atoms with Crippen molar-refractivity contribution in [2.75, 3.05) is 6.54 Å². The highest BCUT2D eigenvalue weighted by molar-refractivity contribution is 7.16. The first-order chi connectivity index (χ1) is 8.90. The molecule has 0 unspecified atom stereocenters. The molecule has 2 atom stereocenters. The SMILES string of the molecule is C[C@@H](O)[C@H](NC(=O)NCCc1ccc(Cl)s1)C(=O)O. The Labute approximate surface area is 119 Å². The standard InChI is InChI=1S/C11H15ClN2O4S/c1-6(15)9(10(16)17)14-11(18)13-5-4-7-2-3-8(12)19-7/h2-3,6,9,15H,4-5H2,1H3,(H,16,17)(H2,13,14,18)/t6-,9+/m1/s1. The zero-order chi connectivity index (χ0) is 14.4. The van der Waals surface area contributed by atoms with Gasteiger partial charge >= 0.3 is 12.0 Å². The lowest BCUT2D eigenvalue weighted by molar-refractivity contribution is -0.141. The molecule has 19 heavy (non-hydrogen) atoms. The maximum absolute atomic E-state index is 11.4. The number of urea groups is 1. The number of carboxylic acids is 1. The van der Waals surface area contributed by atoms with Gasteiger partial charge in [-0.3, -0.25) is 0 Å². The fraction of sp³-hybridized carbons (Fsp3) is 0.455. The van der Waals surface area contributed by atoms with Gasteiger partial charge in [-0.25, -0.2) is 9.59 Å². The van der Waals surface area contributed by atoms with Gasteiger partial charge in [0.1, 0.15) is 0 Å². The number of thiophene rings is 1. The normalized spacial score (nSPS) is 13.6. The van der Waals surface area contributed by atoms with Gasteiger partial charge in [0.25, 0.3) is 0 Å². The van der Waals surface area contributed by atoms with E-state index in [0.717, 1.165) is 4.88 Å². The van der Waals surface area contributed by atoms with Crippen molar-refractivity contribution >= 4 is 34.9 Å². The smallest absolute Gasteiger partial charge is 0.328 e. The second-order valence-electron chi connectivity index (χ2n) is 3.91. The lowest BCUT2D eigenvalue weighted by atomic mass is 10.2. The maximum atomic E-state index is 11.4. The highest BCUT2D eigenvalue weighted by atomic mass is 35.5. The molecule has 0 radical (unpaired) electrons. The van der Waals surface area contributed by atoms with E-state index in [4.69, 9.17) is 16.7 Å². The van der Waals surface area contributed by atoms with Crippen LogP contribution in [0.2, 0.25) is 4.34 Å². The van der Waals surface area contributed by atoms with Gasteiger partial charge in [0.15, 0.2) is 6.04 Å². The molecule has 0 spiro atoms. The number of aliphatic carboxylic acids is 1. The number of amides is 2. The Morgan fingerprint density at radius 2 is 2.16 bits per heavy atom. The van der Waals surface area contributed by atoms with Crippen LogP contribution in [0, 0.1) is 0 Å². The van der Waals surface area contributed by atoms with Crippen LogP contribution in [0.4, 0.5) is 4.79 Å². The summed E-state index contributed by atoms with van der Waals surface area (Å²) in [5.41, 5.74) is 0. The quantitative estimate of drug-likeness (QED) is 0.632. The summed E-state index contributed by atoms with van der Waals surface area (Å²) in [5, 5.41) is 22.7. The number of carbonyl (C=O) groups is 2. The summed E-state index contributed by atoms with van der Waals surface area (Å²) in [6.45, 7) is 1.65. The molecule has 0 bridgehead atoms. The first kappa shape index (κ1) is 15.7. The first-order valence-electron chi connectivity index (χ1n) is 5.59. The van der Waals surface area contributed by atoms with Gasteiger partial charge in [-0.2, -0.15) is 0 Å². The Morgan fingerprint density at radius 1 is 1.47 bits per heavy atom. The molecule has 0 saturated carbocycles. The second kappa shape index (κ2) is 7.32. The van der Waals surface area contributed by atoms with Crippen LogP contribution in [-0.2, 0) is 11.2 Å². The van der Waals surface area contributed by atoms with Crippen LogP contribution in [-0.4, -0.2) is 40.9 Å². The molecule has 4 N–H and O–H groups in total. The minimum atomic E-state index is -1.32. The van der Waals surface area contributed by atoms with Crippen molar-refractivity contribution in [1.82, 2.24) is 10.6 Å². The van der Waals surface area contributed by atoms with Gasteiger partial charge in [-0.1, -0.05) is 11.6 Å². The van der Waals surface area contributed by atoms with Gasteiger partial charge in [0.2, 0.25) is 0 Å². The number of rotatable bonds is 6. The summed E-state index contributed by atoms with van der Waals surface area (Å²) in [5.74, 6) is -1.28. The van der Waals surface area contributed by atoms with Crippen LogP contribution in [0.3, 0.4) is 0 Å². The predicted octanol–water partition coefficient (Wildman–Crippen LogP) is 1.08. The molecule has 0 aliphatic heterocycles. The summed E-state index contributed by atoms with van der Waals surface area (Å²) in [6, 6.07) is 1.69. The number of carboxylic acid groups (broad SMARTS) is 1. The first-order valence-corrected chi connectivity index (χ1v) is 6.79. The fourth-order valence-corrected chi connectivity index (χ4v) is 2.45. The van der Waals surface area contributed by atoms with Crippen LogP contribution in [0.25, 0.3) is 0 Å². The second-order valence-corrected chi connectivity index (χ2v) is 5.71. The molecule has 1 heterocycles. The Kier molecular flexibility index (Phi) is 6.07. The topological polar surface area (TPSA) is 98.7 Å². The summed E-state index contributed by atoms with van der Waals surface area (Å²) < 4.78 is 0.680. The predicted molar refractivity (Wildman–Crippen MR) is 72.7 cm³/mol. The van der Waals surface area contributed by atoms with Gasteiger partial charge in [0, 0.05) is 11.4 Å². The van der Waals surface area contributed by atoms with Crippen LogP contribution >= 0.6 is 22.9 Å². The Bertz CT molecular complexity index is 450. The maximum Gasteiger partial charge on any atom is 0.328 e. The Hall–Kier alpha value is -1.31. The number of hydrogen-bond donors (Lipinski definition) is 4. The Balaban J connectivity index is 2.33. The molecule has 106 valence electrons. The minimum absolute atomic E-state index is 0.356. The average molecular weight is 307 g/mol. The zero-order valence-electron chi connectivity index (χ0n) is 10.2. The van der Waals surface area contributed by atoms with Gasteiger partial charge in [-0.05, 0) is 25.5 Å². The van der Waals surface area contributed by atoms with E-state index in [-0.39, 0.29) is 0 Å². The molecule has 0 aliphatic carbocycles. The largest absolute Gasteiger partial charge is 0.480 e. The van der Waals surface area contributed by atoms with Crippen molar-refractivity contribution in [3.63, 3.8) is 0 Å². The summed E-state index contributed by atoms with van der Waals surface area (Å²) in [6.07, 6.45) is -0.559. The van der Waals surface area contributed by atoms with E-state index in [1.165, 1.54) is 18.3 Å². The summed E-state index contributed by atoms with van der Waals surface area (Å²) in [7, 11) is 0. The van der Waals surface area contributed by atoms with Gasteiger partial charge < -0.3 is 20.8 Å². The number of hydrogen-bond acceptors (Lipinski definition) is 4. The lowest BCUT2D eigenvalue weighted by Gasteiger charge is -2.17. The molecule has 1 aromatic heterocycles. The summed E-state index contributed by atoms with van der Waals surface area (Å²) in [4.78, 5) is 23.2.